The molecule has 0 saturated carbocycles. The second-order valence-corrected chi connectivity index (χ2v) is 9.99. The molecule has 1 heterocycles. The number of nitrogens with one attached hydrogen (secondary N) is 2. The summed E-state index contributed by atoms with van der Waals surface area (Å²) >= 11 is 6.75. The second-order valence-electron chi connectivity index (χ2n) is 6.72. The Hall–Kier alpha value is -2.73. The molecule has 0 aliphatic carbocycles. The van der Waals surface area contributed by atoms with E-state index in [2.05, 4.69) is 20.2 Å². The zero-order chi connectivity index (χ0) is 24.0. The summed E-state index contributed by atoms with van der Waals surface area (Å²) in [7, 11) is -4.00. The lowest BCUT2D eigenvalue weighted by atomic mass is 10.1. The molecule has 0 spiro atoms. The van der Waals surface area contributed by atoms with Gasteiger partial charge in [0, 0.05) is 6.04 Å². The average molecular weight is 511 g/mol. The number of carbonyl (C=O) groups excluding carboxylic acids is 1. The molecule has 0 radical (unpaired) electrons. The van der Waals surface area contributed by atoms with E-state index in [1.165, 1.54) is 0 Å². The highest BCUT2D eigenvalue weighted by Crippen LogP contribution is 2.31. The van der Waals surface area contributed by atoms with Crippen LogP contribution in [-0.2, 0) is 10.0 Å². The van der Waals surface area contributed by atoms with Crippen molar-refractivity contribution in [2.75, 3.05) is 18.5 Å². The highest BCUT2D eigenvalue weighted by molar-refractivity contribution is 7.91. The number of aromatic nitrogens is 2. The lowest BCUT2D eigenvalue weighted by Crippen LogP contribution is -2.26. The number of anilines is 1. The summed E-state index contributed by atoms with van der Waals surface area (Å²) in [4.78, 5) is 12.4. The van der Waals surface area contributed by atoms with Crippen LogP contribution < -0.4 is 19.5 Å². The molecule has 9 nitrogen and oxygen atoms in total. The Morgan fingerprint density at radius 1 is 1.09 bits per heavy atom. The van der Waals surface area contributed by atoms with E-state index in [-0.39, 0.29) is 20.1 Å². The van der Waals surface area contributed by atoms with Crippen molar-refractivity contribution in [2.24, 2.45) is 0 Å². The smallest absolute Gasteiger partial charge is 0.270 e. The predicted octanol–water partition coefficient (Wildman–Crippen LogP) is 4.28. The molecule has 33 heavy (non-hydrogen) atoms. The maximum absolute atomic E-state index is 12.8. The summed E-state index contributed by atoms with van der Waals surface area (Å²) in [5, 5.41) is 10.3. The SMILES string of the molecule is CCOc1ccc([C@@H](C)NS(=O)(=O)c2nnc(NC(=O)c3ccccc3Cl)s2)cc1OCC. The molecule has 0 fully saturated rings. The van der Waals surface area contributed by atoms with E-state index >= 15 is 0 Å². The average Bonchev–Trinajstić information content (AvgIpc) is 3.25. The van der Waals surface area contributed by atoms with Gasteiger partial charge in [-0.1, -0.05) is 41.1 Å². The zero-order valence-electron chi connectivity index (χ0n) is 18.2. The third-order valence-electron chi connectivity index (χ3n) is 4.37. The van der Waals surface area contributed by atoms with E-state index in [4.69, 9.17) is 21.1 Å². The Bertz CT molecular complexity index is 1230. The molecule has 3 aromatic rings. The summed E-state index contributed by atoms with van der Waals surface area (Å²) in [6.45, 7) is 6.34. The van der Waals surface area contributed by atoms with Crippen LogP contribution in [0, 0.1) is 0 Å². The van der Waals surface area contributed by atoms with Gasteiger partial charge in [0.15, 0.2) is 11.5 Å². The summed E-state index contributed by atoms with van der Waals surface area (Å²) in [6.07, 6.45) is 0. The first-order valence-corrected chi connectivity index (χ1v) is 12.7. The van der Waals surface area contributed by atoms with Gasteiger partial charge in [0.25, 0.3) is 15.9 Å². The number of hydrogen-bond acceptors (Lipinski definition) is 8. The molecular formula is C21H23ClN4O5S2. The van der Waals surface area contributed by atoms with Gasteiger partial charge in [0.2, 0.25) is 9.47 Å². The first kappa shape index (κ1) is 24.9. The highest BCUT2D eigenvalue weighted by atomic mass is 35.5. The third kappa shape index (κ3) is 6.20. The number of hydrogen-bond donors (Lipinski definition) is 2. The van der Waals surface area contributed by atoms with Crippen LogP contribution in [0.3, 0.4) is 0 Å². The number of amides is 1. The first-order chi connectivity index (χ1) is 15.7. The van der Waals surface area contributed by atoms with Crippen LogP contribution in [0.25, 0.3) is 0 Å². The summed E-state index contributed by atoms with van der Waals surface area (Å²) in [6, 6.07) is 11.1. The Morgan fingerprint density at radius 2 is 1.79 bits per heavy atom. The van der Waals surface area contributed by atoms with Gasteiger partial charge in [-0.3, -0.25) is 10.1 Å². The molecule has 12 heteroatoms. The van der Waals surface area contributed by atoms with Crippen molar-refractivity contribution in [1.29, 1.82) is 0 Å². The topological polar surface area (TPSA) is 120 Å². The number of ether oxygens (including phenoxy) is 2. The molecule has 1 amide bonds. The fraction of sp³-hybridized carbons (Fsp3) is 0.286. The number of rotatable bonds is 10. The molecule has 2 aromatic carbocycles. The van der Waals surface area contributed by atoms with Crippen molar-refractivity contribution in [1.82, 2.24) is 14.9 Å². The van der Waals surface area contributed by atoms with Crippen molar-refractivity contribution < 1.29 is 22.7 Å². The van der Waals surface area contributed by atoms with Gasteiger partial charge in [0.1, 0.15) is 0 Å². The number of nitrogens with zero attached hydrogens (tertiary/aromatic N) is 2. The summed E-state index contributed by atoms with van der Waals surface area (Å²) in [5.41, 5.74) is 0.924. The van der Waals surface area contributed by atoms with Gasteiger partial charge in [-0.05, 0) is 50.6 Å². The predicted molar refractivity (Wildman–Crippen MR) is 127 cm³/mol. The van der Waals surface area contributed by atoms with Crippen molar-refractivity contribution in [3.05, 3.63) is 58.6 Å². The minimum Gasteiger partial charge on any atom is -0.490 e. The Kier molecular flexibility index (Phi) is 8.25. The molecule has 1 atom stereocenters. The zero-order valence-corrected chi connectivity index (χ0v) is 20.6. The Morgan fingerprint density at radius 3 is 2.48 bits per heavy atom. The standard InChI is InChI=1S/C21H23ClN4O5S2/c1-4-30-17-11-10-14(12-18(17)31-5-2)13(3)26-33(28,29)21-25-24-20(32-21)23-19(27)15-8-6-7-9-16(15)22/h6-13,26H,4-5H2,1-3H3,(H,23,24,27)/t13-/m1/s1. The minimum atomic E-state index is -4.00. The van der Waals surface area contributed by atoms with Crippen LogP contribution in [-0.4, -0.2) is 37.7 Å². The largest absolute Gasteiger partial charge is 0.490 e. The van der Waals surface area contributed by atoms with Gasteiger partial charge in [-0.2, -0.15) is 0 Å². The number of sulfonamides is 1. The van der Waals surface area contributed by atoms with E-state index in [9.17, 15) is 13.2 Å². The molecule has 0 aliphatic heterocycles. The van der Waals surface area contributed by atoms with Crippen LogP contribution in [0.4, 0.5) is 5.13 Å². The molecular weight excluding hydrogens is 488 g/mol. The van der Waals surface area contributed by atoms with Crippen molar-refractivity contribution in [3.63, 3.8) is 0 Å². The van der Waals surface area contributed by atoms with E-state index in [1.54, 1.807) is 49.4 Å². The quantitative estimate of drug-likeness (QED) is 0.390. The molecule has 1 aromatic heterocycles. The van der Waals surface area contributed by atoms with E-state index in [0.29, 0.717) is 30.3 Å². The van der Waals surface area contributed by atoms with E-state index < -0.39 is 22.0 Å². The van der Waals surface area contributed by atoms with Gasteiger partial charge in [-0.25, -0.2) is 13.1 Å². The number of carbonyl (C=O) groups is 1. The van der Waals surface area contributed by atoms with Gasteiger partial charge in [-0.15, -0.1) is 10.2 Å². The minimum absolute atomic E-state index is 0.0349. The van der Waals surface area contributed by atoms with E-state index in [1.807, 2.05) is 13.8 Å². The second kappa shape index (κ2) is 10.9. The Labute approximate surface area is 201 Å². The van der Waals surface area contributed by atoms with Crippen molar-refractivity contribution in [2.45, 2.75) is 31.2 Å². The lowest BCUT2D eigenvalue weighted by molar-refractivity contribution is 0.102. The summed E-state index contributed by atoms with van der Waals surface area (Å²) < 4.78 is 39.1. The van der Waals surface area contributed by atoms with Crippen LogP contribution >= 0.6 is 22.9 Å². The van der Waals surface area contributed by atoms with Crippen LogP contribution in [0.15, 0.2) is 46.8 Å². The maximum Gasteiger partial charge on any atom is 0.270 e. The molecule has 2 N–H and O–H groups in total. The monoisotopic (exact) mass is 510 g/mol. The Balaban J connectivity index is 1.73. The fourth-order valence-corrected chi connectivity index (χ4v) is 5.23. The van der Waals surface area contributed by atoms with Crippen LogP contribution in [0.1, 0.15) is 42.7 Å². The lowest BCUT2D eigenvalue weighted by Gasteiger charge is -2.16. The normalized spacial score (nSPS) is 12.2. The van der Waals surface area contributed by atoms with Crippen molar-refractivity contribution >= 4 is 44.0 Å². The molecule has 176 valence electrons. The molecule has 0 saturated heterocycles. The number of benzene rings is 2. The van der Waals surface area contributed by atoms with Crippen LogP contribution in [0.2, 0.25) is 5.02 Å². The van der Waals surface area contributed by atoms with Crippen LogP contribution in [0.5, 0.6) is 11.5 Å². The summed E-state index contributed by atoms with van der Waals surface area (Å²) in [5.74, 6) is 0.601. The highest BCUT2D eigenvalue weighted by Gasteiger charge is 2.24. The molecule has 0 aliphatic rings. The third-order valence-corrected chi connectivity index (χ3v) is 7.45. The fourth-order valence-electron chi connectivity index (χ4n) is 2.87. The van der Waals surface area contributed by atoms with Crippen molar-refractivity contribution in [3.8, 4) is 11.5 Å². The van der Waals surface area contributed by atoms with Gasteiger partial charge < -0.3 is 9.47 Å². The maximum atomic E-state index is 12.8. The van der Waals surface area contributed by atoms with Gasteiger partial charge in [0.05, 0.1) is 23.8 Å². The van der Waals surface area contributed by atoms with Gasteiger partial charge >= 0.3 is 0 Å². The number of halogens is 1. The first-order valence-electron chi connectivity index (χ1n) is 10.1. The molecule has 0 bridgehead atoms. The van der Waals surface area contributed by atoms with E-state index in [0.717, 1.165) is 11.3 Å². The molecule has 3 rings (SSSR count). The molecule has 0 unspecified atom stereocenters.